The largest absolute Gasteiger partial charge is 0.396 e. The quantitative estimate of drug-likeness (QED) is 0.604. The minimum atomic E-state index is -2.93. The monoisotopic (exact) mass is 469 g/mol. The van der Waals surface area contributed by atoms with Crippen LogP contribution in [0.3, 0.4) is 0 Å². The maximum Gasteiger partial charge on any atom is 0.264 e. The van der Waals surface area contributed by atoms with Gasteiger partial charge in [0.25, 0.3) is 5.56 Å². The van der Waals surface area contributed by atoms with Crippen LogP contribution in [0, 0.1) is 5.92 Å². The molecule has 0 bridgehead atoms. The highest BCUT2D eigenvalue weighted by molar-refractivity contribution is 7.91. The van der Waals surface area contributed by atoms with Crippen molar-refractivity contribution in [1.29, 1.82) is 0 Å². The Hall–Kier alpha value is -2.98. The highest BCUT2D eigenvalue weighted by Crippen LogP contribution is 2.31. The molecule has 33 heavy (non-hydrogen) atoms. The van der Waals surface area contributed by atoms with E-state index in [1.807, 2.05) is 30.3 Å². The molecule has 0 spiro atoms. The third-order valence-corrected chi connectivity index (χ3v) is 8.21. The minimum absolute atomic E-state index is 0.115. The molecule has 5 rings (SSSR count). The topological polar surface area (TPSA) is 109 Å². The summed E-state index contributed by atoms with van der Waals surface area (Å²) in [5.41, 5.74) is 3.05. The summed E-state index contributed by atoms with van der Waals surface area (Å²) in [6.07, 6.45) is 2.37. The number of anilines is 2. The fourth-order valence-electron chi connectivity index (χ4n) is 4.57. The maximum atomic E-state index is 12.9. The number of aromatic nitrogens is 3. The number of sulfone groups is 1. The van der Waals surface area contributed by atoms with E-state index in [0.717, 1.165) is 29.9 Å². The van der Waals surface area contributed by atoms with Gasteiger partial charge in [0.15, 0.2) is 9.84 Å². The molecule has 0 amide bonds. The number of nitrogens with zero attached hydrogens (tertiary/aromatic N) is 5. The second-order valence-corrected chi connectivity index (χ2v) is 11.2. The Morgan fingerprint density at radius 3 is 2.48 bits per heavy atom. The Kier molecular flexibility index (Phi) is 5.57. The van der Waals surface area contributed by atoms with Crippen molar-refractivity contribution in [2.24, 2.45) is 13.0 Å². The van der Waals surface area contributed by atoms with Crippen LogP contribution in [0.25, 0.3) is 22.2 Å². The van der Waals surface area contributed by atoms with Gasteiger partial charge in [-0.1, -0.05) is 12.1 Å². The molecule has 174 valence electrons. The Morgan fingerprint density at radius 2 is 1.82 bits per heavy atom. The smallest absolute Gasteiger partial charge is 0.264 e. The fourth-order valence-corrected chi connectivity index (χ4v) is 5.77. The Morgan fingerprint density at radius 1 is 1.09 bits per heavy atom. The third-order valence-electron chi connectivity index (χ3n) is 6.60. The van der Waals surface area contributed by atoms with Crippen molar-refractivity contribution in [3.8, 4) is 11.3 Å². The van der Waals surface area contributed by atoms with Crippen LogP contribution in [-0.2, 0) is 16.9 Å². The molecule has 1 aromatic carbocycles. The van der Waals surface area contributed by atoms with E-state index in [4.69, 9.17) is 4.98 Å². The van der Waals surface area contributed by atoms with Crippen molar-refractivity contribution >= 4 is 32.2 Å². The van der Waals surface area contributed by atoms with E-state index in [9.17, 15) is 18.3 Å². The van der Waals surface area contributed by atoms with Crippen molar-refractivity contribution in [3.63, 3.8) is 0 Å². The van der Waals surface area contributed by atoms with E-state index in [2.05, 4.69) is 14.8 Å². The van der Waals surface area contributed by atoms with Gasteiger partial charge in [0.05, 0.1) is 29.0 Å². The van der Waals surface area contributed by atoms with Gasteiger partial charge in [-0.15, -0.1) is 0 Å². The van der Waals surface area contributed by atoms with Crippen LogP contribution >= 0.6 is 0 Å². The number of aryl methyl sites for hydroxylation is 1. The first-order valence-electron chi connectivity index (χ1n) is 11.1. The summed E-state index contributed by atoms with van der Waals surface area (Å²) in [7, 11) is -1.25. The zero-order valence-electron chi connectivity index (χ0n) is 18.5. The van der Waals surface area contributed by atoms with Gasteiger partial charge in [-0.05, 0) is 24.6 Å². The van der Waals surface area contributed by atoms with Gasteiger partial charge in [-0.25, -0.2) is 18.4 Å². The predicted molar refractivity (Wildman–Crippen MR) is 128 cm³/mol. The molecule has 2 aliphatic rings. The van der Waals surface area contributed by atoms with Crippen molar-refractivity contribution in [2.45, 2.75) is 6.42 Å². The lowest BCUT2D eigenvalue weighted by molar-refractivity contribution is 0.238. The van der Waals surface area contributed by atoms with Gasteiger partial charge in [-0.2, -0.15) is 0 Å². The molecule has 0 saturated carbocycles. The average molecular weight is 470 g/mol. The number of benzene rings is 1. The van der Waals surface area contributed by atoms with Crippen LogP contribution in [-0.4, -0.2) is 72.4 Å². The molecule has 2 fully saturated rings. The number of aliphatic hydroxyl groups is 1. The molecule has 1 atom stereocenters. The molecule has 9 nitrogen and oxygen atoms in total. The number of hydrogen-bond donors (Lipinski definition) is 1. The number of fused-ring (bicyclic) bond motifs is 1. The van der Waals surface area contributed by atoms with E-state index >= 15 is 0 Å². The van der Waals surface area contributed by atoms with Gasteiger partial charge >= 0.3 is 0 Å². The summed E-state index contributed by atoms with van der Waals surface area (Å²) in [6.45, 7) is 2.48. The fraction of sp³-hybridized carbons (Fsp3) is 0.435. The number of hydrogen-bond acceptors (Lipinski definition) is 8. The highest BCUT2D eigenvalue weighted by Gasteiger charge is 2.26. The lowest BCUT2D eigenvalue weighted by Crippen LogP contribution is -2.40. The van der Waals surface area contributed by atoms with Crippen molar-refractivity contribution in [3.05, 3.63) is 47.0 Å². The van der Waals surface area contributed by atoms with Gasteiger partial charge in [-0.3, -0.25) is 4.79 Å². The molecule has 3 aromatic rings. The van der Waals surface area contributed by atoms with E-state index in [-0.39, 0.29) is 29.6 Å². The summed E-state index contributed by atoms with van der Waals surface area (Å²) >= 11 is 0. The first-order chi connectivity index (χ1) is 15.8. The SMILES string of the molecule is Cn1cnc2cc(-c3ccc(N4CCS(=O)(=O)CC4)cc3)nc(N3CC[C@H](CO)C3)c2c1=O. The number of aliphatic hydroxyl groups excluding tert-OH is 1. The summed E-state index contributed by atoms with van der Waals surface area (Å²) in [6, 6.07) is 9.74. The summed E-state index contributed by atoms with van der Waals surface area (Å²) < 4.78 is 24.9. The molecule has 2 saturated heterocycles. The van der Waals surface area contributed by atoms with E-state index in [0.29, 0.717) is 36.4 Å². The lowest BCUT2D eigenvalue weighted by Gasteiger charge is -2.28. The minimum Gasteiger partial charge on any atom is -0.396 e. The highest BCUT2D eigenvalue weighted by atomic mass is 32.2. The van der Waals surface area contributed by atoms with Crippen molar-refractivity contribution < 1.29 is 13.5 Å². The first-order valence-corrected chi connectivity index (χ1v) is 12.9. The van der Waals surface area contributed by atoms with Crippen LogP contribution < -0.4 is 15.4 Å². The zero-order valence-corrected chi connectivity index (χ0v) is 19.3. The van der Waals surface area contributed by atoms with Crippen molar-refractivity contribution in [2.75, 3.05) is 54.1 Å². The van der Waals surface area contributed by atoms with Gasteiger partial charge < -0.3 is 19.5 Å². The van der Waals surface area contributed by atoms with Crippen molar-refractivity contribution in [1.82, 2.24) is 14.5 Å². The second kappa shape index (κ2) is 8.42. The Balaban J connectivity index is 1.52. The molecule has 10 heteroatoms. The molecular formula is C23H27N5O4S. The van der Waals surface area contributed by atoms with Gasteiger partial charge in [0, 0.05) is 57.0 Å². The predicted octanol–water partition coefficient (Wildman–Crippen LogP) is 1.05. The first kappa shape index (κ1) is 21.8. The molecule has 2 aromatic heterocycles. The molecule has 2 aliphatic heterocycles. The summed E-state index contributed by atoms with van der Waals surface area (Å²) in [4.78, 5) is 26.4. The third kappa shape index (κ3) is 4.20. The molecule has 0 radical (unpaired) electrons. The molecule has 0 unspecified atom stereocenters. The molecule has 0 aliphatic carbocycles. The molecule has 1 N–H and O–H groups in total. The van der Waals surface area contributed by atoms with Crippen LogP contribution in [0.4, 0.5) is 11.5 Å². The molecular weight excluding hydrogens is 442 g/mol. The standard InChI is InChI=1S/C23H27N5O4S/c1-26-15-24-20-12-19(25-22(21(20)23(26)30)28-7-6-16(13-28)14-29)17-2-4-18(5-3-17)27-8-10-33(31,32)11-9-27/h2-5,12,15-16,29H,6-11,13-14H2,1H3/t16-/m0/s1. The Labute approximate surface area is 192 Å². The zero-order chi connectivity index (χ0) is 23.2. The van der Waals surface area contributed by atoms with Crippen LogP contribution in [0.15, 0.2) is 41.5 Å². The van der Waals surface area contributed by atoms with Crippen LogP contribution in [0.2, 0.25) is 0 Å². The summed E-state index contributed by atoms with van der Waals surface area (Å²) in [5.74, 6) is 1.13. The Bertz CT molecular complexity index is 1340. The van der Waals surface area contributed by atoms with Gasteiger partial charge in [0.2, 0.25) is 0 Å². The second-order valence-electron chi connectivity index (χ2n) is 8.85. The maximum absolute atomic E-state index is 12.9. The van der Waals surface area contributed by atoms with Crippen LogP contribution in [0.1, 0.15) is 6.42 Å². The van der Waals surface area contributed by atoms with Gasteiger partial charge in [0.1, 0.15) is 11.2 Å². The average Bonchev–Trinajstić information content (AvgIpc) is 3.30. The molecule has 4 heterocycles. The van der Waals surface area contributed by atoms with E-state index in [1.54, 1.807) is 7.05 Å². The number of rotatable bonds is 4. The van der Waals surface area contributed by atoms with Crippen LogP contribution in [0.5, 0.6) is 0 Å². The lowest BCUT2D eigenvalue weighted by atomic mass is 10.1. The normalized spacial score (nSPS) is 20.5. The van der Waals surface area contributed by atoms with E-state index in [1.165, 1.54) is 10.9 Å². The van der Waals surface area contributed by atoms with E-state index < -0.39 is 9.84 Å². The number of pyridine rings is 1. The summed E-state index contributed by atoms with van der Waals surface area (Å²) in [5, 5.41) is 10.1.